The van der Waals surface area contributed by atoms with Crippen LogP contribution in [0.2, 0.25) is 0 Å². The van der Waals surface area contributed by atoms with E-state index in [9.17, 15) is 19.7 Å². The van der Waals surface area contributed by atoms with Gasteiger partial charge >= 0.3 is 11.8 Å². The highest BCUT2D eigenvalue weighted by Gasteiger charge is 2.29. The molecule has 0 saturated heterocycles. The third-order valence-electron chi connectivity index (χ3n) is 3.76. The van der Waals surface area contributed by atoms with Gasteiger partial charge in [0.25, 0.3) is 5.91 Å². The Labute approximate surface area is 149 Å². The van der Waals surface area contributed by atoms with Gasteiger partial charge in [-0.15, -0.1) is 0 Å². The smallest absolute Gasteiger partial charge is 0.390 e. The monoisotopic (exact) mass is 364 g/mol. The molecule has 0 bridgehead atoms. The number of rotatable bonds is 7. The molecule has 0 saturated carbocycles. The van der Waals surface area contributed by atoms with E-state index >= 15 is 0 Å². The fourth-order valence-electron chi connectivity index (χ4n) is 2.49. The van der Waals surface area contributed by atoms with Gasteiger partial charge in [-0.25, -0.2) is 4.79 Å². The second-order valence-corrected chi connectivity index (χ2v) is 5.51. The van der Waals surface area contributed by atoms with Crippen LogP contribution in [0.3, 0.4) is 0 Å². The second kappa shape index (κ2) is 7.76. The number of carbonyl (C=O) groups excluding carboxylic acids is 2. The summed E-state index contributed by atoms with van der Waals surface area (Å²) < 4.78 is 7.59. The van der Waals surface area contributed by atoms with Crippen molar-refractivity contribution in [2.45, 2.75) is 33.2 Å². The van der Waals surface area contributed by atoms with Crippen molar-refractivity contribution < 1.29 is 19.2 Å². The van der Waals surface area contributed by atoms with Gasteiger partial charge in [0.2, 0.25) is 0 Å². The van der Waals surface area contributed by atoms with Gasteiger partial charge in [-0.3, -0.25) is 9.48 Å². The maximum Gasteiger partial charge on any atom is 0.390 e. The van der Waals surface area contributed by atoms with E-state index in [4.69, 9.17) is 4.74 Å². The van der Waals surface area contributed by atoms with Crippen LogP contribution >= 0.6 is 0 Å². The summed E-state index contributed by atoms with van der Waals surface area (Å²) in [6, 6.07) is 0.512. The van der Waals surface area contributed by atoms with Gasteiger partial charge in [0, 0.05) is 7.05 Å². The molecule has 26 heavy (non-hydrogen) atoms. The van der Waals surface area contributed by atoms with E-state index in [1.165, 1.54) is 21.6 Å². The lowest BCUT2D eigenvalue weighted by atomic mass is 10.2. The first-order valence-electron chi connectivity index (χ1n) is 8.00. The first-order valence-corrected chi connectivity index (χ1v) is 8.00. The number of nitrogens with one attached hydrogen (secondary N) is 1. The van der Waals surface area contributed by atoms with Crippen LogP contribution in [0.1, 0.15) is 42.4 Å². The molecule has 2 aromatic heterocycles. The molecular weight excluding hydrogens is 344 g/mol. The molecule has 0 fully saturated rings. The third-order valence-corrected chi connectivity index (χ3v) is 3.76. The summed E-state index contributed by atoms with van der Waals surface area (Å²) in [7, 11) is 1.57. The average molecular weight is 364 g/mol. The molecule has 1 atom stereocenters. The van der Waals surface area contributed by atoms with Crippen LogP contribution in [-0.4, -0.2) is 43.0 Å². The molecule has 0 radical (unpaired) electrons. The molecule has 0 spiro atoms. The molecule has 1 unspecified atom stereocenters. The van der Waals surface area contributed by atoms with E-state index in [1.54, 1.807) is 27.8 Å². The lowest BCUT2D eigenvalue weighted by molar-refractivity contribution is -0.389. The van der Waals surface area contributed by atoms with Gasteiger partial charge in [0.05, 0.1) is 29.7 Å². The normalized spacial score (nSPS) is 11.8. The summed E-state index contributed by atoms with van der Waals surface area (Å²) in [4.78, 5) is 35.0. The Morgan fingerprint density at radius 1 is 1.42 bits per heavy atom. The maximum absolute atomic E-state index is 12.7. The van der Waals surface area contributed by atoms with Gasteiger partial charge in [-0.1, -0.05) is 6.92 Å². The largest absolute Gasteiger partial charge is 0.462 e. The van der Waals surface area contributed by atoms with Crippen molar-refractivity contribution in [2.75, 3.05) is 11.9 Å². The highest BCUT2D eigenvalue weighted by atomic mass is 16.6. The minimum atomic E-state index is -0.784. The van der Waals surface area contributed by atoms with Gasteiger partial charge in [0.15, 0.2) is 6.04 Å². The van der Waals surface area contributed by atoms with Gasteiger partial charge < -0.3 is 20.2 Å². The van der Waals surface area contributed by atoms with Gasteiger partial charge in [-0.05, 0) is 25.2 Å². The zero-order valence-electron chi connectivity index (χ0n) is 14.9. The lowest BCUT2D eigenvalue weighted by Crippen LogP contribution is -2.28. The number of carbonyl (C=O) groups is 2. The Bertz CT molecular complexity index is 840. The summed E-state index contributed by atoms with van der Waals surface area (Å²) in [5.41, 5.74) is 0.607. The number of anilines is 1. The van der Waals surface area contributed by atoms with Crippen molar-refractivity contribution in [3.05, 3.63) is 33.6 Å². The minimum absolute atomic E-state index is 0.126. The van der Waals surface area contributed by atoms with E-state index in [0.29, 0.717) is 12.1 Å². The van der Waals surface area contributed by atoms with Crippen LogP contribution in [-0.2, 0) is 16.6 Å². The molecule has 1 N–H and O–H groups in total. The van der Waals surface area contributed by atoms with E-state index < -0.39 is 22.8 Å². The molecule has 0 aliphatic heterocycles. The number of nitro groups is 1. The SMILES string of the molecule is CCOC(=O)c1cnn(C)c1NC(=O)C(CC)n1nc([N+](=O)[O-])cc1C. The van der Waals surface area contributed by atoms with E-state index in [0.717, 1.165) is 0 Å². The minimum Gasteiger partial charge on any atom is -0.462 e. The molecule has 1 amide bonds. The van der Waals surface area contributed by atoms with Crippen molar-refractivity contribution in [2.24, 2.45) is 7.05 Å². The van der Waals surface area contributed by atoms with Crippen LogP contribution in [0.15, 0.2) is 12.3 Å². The topological polar surface area (TPSA) is 134 Å². The van der Waals surface area contributed by atoms with Gasteiger partial charge in [-0.2, -0.15) is 9.78 Å². The summed E-state index contributed by atoms with van der Waals surface area (Å²) in [5, 5.41) is 21.4. The highest BCUT2D eigenvalue weighted by molar-refractivity contribution is 6.01. The van der Waals surface area contributed by atoms with Crippen LogP contribution in [0.4, 0.5) is 11.6 Å². The first kappa shape index (κ1) is 19.1. The predicted octanol–water partition coefficient (Wildman–Crippen LogP) is 1.60. The summed E-state index contributed by atoms with van der Waals surface area (Å²) in [6.45, 7) is 5.25. The number of amides is 1. The average Bonchev–Trinajstić information content (AvgIpc) is 3.13. The van der Waals surface area contributed by atoms with Crippen LogP contribution in [0, 0.1) is 17.0 Å². The van der Waals surface area contributed by atoms with E-state index in [2.05, 4.69) is 15.5 Å². The van der Waals surface area contributed by atoms with E-state index in [1.807, 2.05) is 0 Å². The molecule has 2 heterocycles. The number of ether oxygens (including phenoxy) is 1. The number of esters is 1. The Kier molecular flexibility index (Phi) is 5.70. The molecule has 0 aromatic carbocycles. The van der Waals surface area contributed by atoms with Crippen molar-refractivity contribution in [1.82, 2.24) is 19.6 Å². The Hall–Kier alpha value is -3.24. The summed E-state index contributed by atoms with van der Waals surface area (Å²) >= 11 is 0. The highest BCUT2D eigenvalue weighted by Crippen LogP contribution is 2.22. The molecule has 0 aliphatic rings. The summed E-state index contributed by atoms with van der Waals surface area (Å²) in [5.74, 6) is -1.22. The van der Waals surface area contributed by atoms with Crippen molar-refractivity contribution >= 4 is 23.5 Å². The fraction of sp³-hybridized carbons (Fsp3) is 0.467. The van der Waals surface area contributed by atoms with Crippen LogP contribution < -0.4 is 5.32 Å². The first-order chi connectivity index (χ1) is 12.3. The predicted molar refractivity (Wildman–Crippen MR) is 90.7 cm³/mol. The lowest BCUT2D eigenvalue weighted by Gasteiger charge is -2.15. The molecule has 11 heteroatoms. The number of hydrogen-bond acceptors (Lipinski definition) is 7. The standard InChI is InChI=1S/C15H20N6O5/c1-5-11(20-9(3)7-12(18-20)21(24)25)14(22)17-13-10(8-16-19(13)4)15(23)26-6-2/h7-8,11H,5-6H2,1-4H3,(H,17,22). The molecule has 11 nitrogen and oxygen atoms in total. The number of aryl methyl sites for hydroxylation is 2. The van der Waals surface area contributed by atoms with E-state index in [-0.39, 0.29) is 23.8 Å². The fourth-order valence-corrected chi connectivity index (χ4v) is 2.49. The third kappa shape index (κ3) is 3.71. The number of aromatic nitrogens is 4. The molecule has 2 rings (SSSR count). The van der Waals surface area contributed by atoms with Crippen molar-refractivity contribution in [3.63, 3.8) is 0 Å². The Morgan fingerprint density at radius 3 is 2.65 bits per heavy atom. The zero-order chi connectivity index (χ0) is 19.4. The van der Waals surface area contributed by atoms with Crippen molar-refractivity contribution in [3.8, 4) is 0 Å². The quantitative estimate of drug-likeness (QED) is 0.448. The zero-order valence-corrected chi connectivity index (χ0v) is 14.9. The molecule has 0 aliphatic carbocycles. The number of nitrogens with zero attached hydrogens (tertiary/aromatic N) is 5. The Morgan fingerprint density at radius 2 is 2.12 bits per heavy atom. The maximum atomic E-state index is 12.7. The van der Waals surface area contributed by atoms with Gasteiger partial charge in [0.1, 0.15) is 11.4 Å². The number of hydrogen-bond donors (Lipinski definition) is 1. The second-order valence-electron chi connectivity index (χ2n) is 5.51. The van der Waals surface area contributed by atoms with Crippen LogP contribution in [0.5, 0.6) is 0 Å². The van der Waals surface area contributed by atoms with Crippen LogP contribution in [0.25, 0.3) is 0 Å². The molecule has 2 aromatic rings. The molecular formula is C15H20N6O5. The Balaban J connectivity index is 2.30. The van der Waals surface area contributed by atoms with Crippen molar-refractivity contribution in [1.29, 1.82) is 0 Å². The molecule has 140 valence electrons. The summed E-state index contributed by atoms with van der Waals surface area (Å²) in [6.07, 6.45) is 1.65.